The molecular weight excluding hydrogens is 240 g/mol. The molecule has 104 valence electrons. The van der Waals surface area contributed by atoms with E-state index in [-0.39, 0.29) is 5.91 Å². The number of nitrogens with one attached hydrogen (secondary N) is 1. The van der Waals surface area contributed by atoms with Crippen LogP contribution in [0.5, 0.6) is 0 Å². The molecule has 0 saturated carbocycles. The zero-order valence-electron chi connectivity index (χ0n) is 11.4. The summed E-state index contributed by atoms with van der Waals surface area (Å²) in [5, 5.41) is 3.50. The SMILES string of the molecule is CCCC1CC(Nc2ccc(C(N)=O)cc2)CCO1. The summed E-state index contributed by atoms with van der Waals surface area (Å²) in [4.78, 5) is 11.0. The molecular formula is C15H22N2O2. The van der Waals surface area contributed by atoms with Gasteiger partial charge in [-0.1, -0.05) is 13.3 Å². The molecule has 1 saturated heterocycles. The molecule has 1 aromatic carbocycles. The second-order valence-electron chi connectivity index (χ2n) is 5.09. The van der Waals surface area contributed by atoms with Crippen molar-refractivity contribution in [2.45, 2.75) is 44.8 Å². The monoisotopic (exact) mass is 262 g/mol. The minimum Gasteiger partial charge on any atom is -0.382 e. The highest BCUT2D eigenvalue weighted by Crippen LogP contribution is 2.21. The standard InChI is InChI=1S/C15H22N2O2/c1-2-3-14-10-13(8-9-19-14)17-12-6-4-11(5-7-12)15(16)18/h4-7,13-14,17H,2-3,8-10H2,1H3,(H2,16,18). The highest BCUT2D eigenvalue weighted by atomic mass is 16.5. The van der Waals surface area contributed by atoms with Crippen molar-refractivity contribution in [3.05, 3.63) is 29.8 Å². The molecule has 1 fully saturated rings. The normalized spacial score (nSPS) is 23.0. The summed E-state index contributed by atoms with van der Waals surface area (Å²) in [6, 6.07) is 7.78. The predicted octanol–water partition coefficient (Wildman–Crippen LogP) is 2.55. The van der Waals surface area contributed by atoms with Gasteiger partial charge in [0.1, 0.15) is 0 Å². The Balaban J connectivity index is 1.91. The molecule has 4 heteroatoms. The Labute approximate surface area is 114 Å². The molecule has 2 atom stereocenters. The molecule has 1 aliphatic heterocycles. The van der Waals surface area contributed by atoms with Crippen molar-refractivity contribution in [2.24, 2.45) is 5.73 Å². The molecule has 0 aromatic heterocycles. The molecule has 19 heavy (non-hydrogen) atoms. The molecule has 1 aromatic rings. The lowest BCUT2D eigenvalue weighted by Gasteiger charge is -2.30. The number of rotatable bonds is 5. The molecule has 2 rings (SSSR count). The Morgan fingerprint density at radius 3 is 2.79 bits per heavy atom. The predicted molar refractivity (Wildman–Crippen MR) is 76.3 cm³/mol. The smallest absolute Gasteiger partial charge is 0.248 e. The fourth-order valence-electron chi connectivity index (χ4n) is 2.50. The van der Waals surface area contributed by atoms with Crippen molar-refractivity contribution in [2.75, 3.05) is 11.9 Å². The molecule has 0 spiro atoms. The summed E-state index contributed by atoms with van der Waals surface area (Å²) < 4.78 is 5.74. The number of anilines is 1. The van der Waals surface area contributed by atoms with Crippen LogP contribution in [0.25, 0.3) is 0 Å². The average Bonchev–Trinajstić information content (AvgIpc) is 2.40. The van der Waals surface area contributed by atoms with Gasteiger partial charge in [-0.05, 0) is 43.5 Å². The highest BCUT2D eigenvalue weighted by molar-refractivity contribution is 5.93. The number of benzene rings is 1. The summed E-state index contributed by atoms with van der Waals surface area (Å²) in [5.41, 5.74) is 6.80. The third-order valence-corrected chi connectivity index (χ3v) is 3.52. The molecule has 1 aliphatic rings. The molecule has 0 radical (unpaired) electrons. The second-order valence-corrected chi connectivity index (χ2v) is 5.09. The zero-order chi connectivity index (χ0) is 13.7. The number of ether oxygens (including phenoxy) is 1. The summed E-state index contributed by atoms with van der Waals surface area (Å²) in [6.45, 7) is 3.00. The van der Waals surface area contributed by atoms with Crippen LogP contribution in [-0.2, 0) is 4.74 Å². The first kappa shape index (κ1) is 13.9. The Hall–Kier alpha value is -1.55. The number of primary amides is 1. The number of carbonyl (C=O) groups is 1. The second kappa shape index (κ2) is 6.57. The third-order valence-electron chi connectivity index (χ3n) is 3.52. The number of hydrogen-bond acceptors (Lipinski definition) is 3. The molecule has 2 unspecified atom stereocenters. The summed E-state index contributed by atoms with van der Waals surface area (Å²) in [6.07, 6.45) is 4.73. The van der Waals surface area contributed by atoms with E-state index in [0.717, 1.165) is 38.0 Å². The van der Waals surface area contributed by atoms with E-state index in [2.05, 4.69) is 12.2 Å². The van der Waals surface area contributed by atoms with E-state index in [1.807, 2.05) is 12.1 Å². The maximum absolute atomic E-state index is 11.0. The molecule has 1 heterocycles. The van der Waals surface area contributed by atoms with Gasteiger partial charge in [0.2, 0.25) is 5.91 Å². The first-order valence-electron chi connectivity index (χ1n) is 6.97. The van der Waals surface area contributed by atoms with Crippen LogP contribution in [0.15, 0.2) is 24.3 Å². The average molecular weight is 262 g/mol. The van der Waals surface area contributed by atoms with Gasteiger partial charge in [-0.15, -0.1) is 0 Å². The van der Waals surface area contributed by atoms with E-state index in [4.69, 9.17) is 10.5 Å². The van der Waals surface area contributed by atoms with Gasteiger partial charge in [0.05, 0.1) is 6.10 Å². The minimum absolute atomic E-state index is 0.376. The molecule has 1 amide bonds. The Morgan fingerprint density at radius 2 is 2.16 bits per heavy atom. The van der Waals surface area contributed by atoms with Gasteiger partial charge in [0.25, 0.3) is 0 Å². The van der Waals surface area contributed by atoms with Gasteiger partial charge < -0.3 is 15.8 Å². The van der Waals surface area contributed by atoms with Crippen molar-refractivity contribution in [1.82, 2.24) is 0 Å². The Morgan fingerprint density at radius 1 is 1.42 bits per heavy atom. The third kappa shape index (κ3) is 3.96. The molecule has 4 nitrogen and oxygen atoms in total. The van der Waals surface area contributed by atoms with Gasteiger partial charge in [0.15, 0.2) is 0 Å². The topological polar surface area (TPSA) is 64.3 Å². The van der Waals surface area contributed by atoms with E-state index >= 15 is 0 Å². The summed E-state index contributed by atoms with van der Waals surface area (Å²) >= 11 is 0. The number of nitrogens with two attached hydrogens (primary N) is 1. The van der Waals surface area contributed by atoms with Gasteiger partial charge in [-0.2, -0.15) is 0 Å². The molecule has 0 bridgehead atoms. The van der Waals surface area contributed by atoms with Crippen LogP contribution < -0.4 is 11.1 Å². The number of amides is 1. The van der Waals surface area contributed by atoms with Gasteiger partial charge >= 0.3 is 0 Å². The van der Waals surface area contributed by atoms with Crippen LogP contribution in [0.4, 0.5) is 5.69 Å². The van der Waals surface area contributed by atoms with E-state index in [1.165, 1.54) is 0 Å². The largest absolute Gasteiger partial charge is 0.382 e. The molecule has 0 aliphatic carbocycles. The Kier molecular flexibility index (Phi) is 4.80. The van der Waals surface area contributed by atoms with Crippen LogP contribution in [-0.4, -0.2) is 24.7 Å². The van der Waals surface area contributed by atoms with E-state index in [0.29, 0.717) is 17.7 Å². The van der Waals surface area contributed by atoms with E-state index < -0.39 is 0 Å². The lowest BCUT2D eigenvalue weighted by molar-refractivity contribution is 0.00598. The fourth-order valence-corrected chi connectivity index (χ4v) is 2.50. The van der Waals surface area contributed by atoms with Crippen LogP contribution in [0, 0.1) is 0 Å². The number of carbonyl (C=O) groups excluding carboxylic acids is 1. The van der Waals surface area contributed by atoms with Crippen LogP contribution in [0.3, 0.4) is 0 Å². The maximum Gasteiger partial charge on any atom is 0.248 e. The van der Waals surface area contributed by atoms with Crippen molar-refractivity contribution >= 4 is 11.6 Å². The maximum atomic E-state index is 11.0. The van der Waals surface area contributed by atoms with Crippen molar-refractivity contribution < 1.29 is 9.53 Å². The lowest BCUT2D eigenvalue weighted by Crippen LogP contribution is -2.34. The quantitative estimate of drug-likeness (QED) is 0.857. The Bertz CT molecular complexity index is 415. The van der Waals surface area contributed by atoms with E-state index in [1.54, 1.807) is 12.1 Å². The van der Waals surface area contributed by atoms with Crippen LogP contribution >= 0.6 is 0 Å². The lowest BCUT2D eigenvalue weighted by atomic mass is 10.00. The van der Waals surface area contributed by atoms with Crippen molar-refractivity contribution in [1.29, 1.82) is 0 Å². The van der Waals surface area contributed by atoms with Crippen LogP contribution in [0.1, 0.15) is 43.0 Å². The van der Waals surface area contributed by atoms with Crippen molar-refractivity contribution in [3.63, 3.8) is 0 Å². The van der Waals surface area contributed by atoms with Gasteiger partial charge in [-0.3, -0.25) is 4.79 Å². The van der Waals surface area contributed by atoms with Gasteiger partial charge in [-0.25, -0.2) is 0 Å². The zero-order valence-corrected chi connectivity index (χ0v) is 11.4. The first-order chi connectivity index (χ1) is 9.19. The minimum atomic E-state index is -0.388. The highest BCUT2D eigenvalue weighted by Gasteiger charge is 2.21. The van der Waals surface area contributed by atoms with Gasteiger partial charge in [0, 0.05) is 23.9 Å². The number of hydrogen-bond donors (Lipinski definition) is 2. The summed E-state index contributed by atoms with van der Waals surface area (Å²) in [5.74, 6) is -0.388. The van der Waals surface area contributed by atoms with Crippen molar-refractivity contribution in [3.8, 4) is 0 Å². The fraction of sp³-hybridized carbons (Fsp3) is 0.533. The first-order valence-corrected chi connectivity index (χ1v) is 6.97. The summed E-state index contributed by atoms with van der Waals surface area (Å²) in [7, 11) is 0. The van der Waals surface area contributed by atoms with Crippen LogP contribution in [0.2, 0.25) is 0 Å². The van der Waals surface area contributed by atoms with E-state index in [9.17, 15) is 4.79 Å². The molecule has 3 N–H and O–H groups in total.